The smallest absolute Gasteiger partial charge is 0.350 e. The summed E-state index contributed by atoms with van der Waals surface area (Å²) in [5.74, 6) is -0.124. The second kappa shape index (κ2) is 8.01. The first-order valence-corrected chi connectivity index (χ1v) is 10.5. The number of aromatic amines is 1. The molecule has 0 aromatic carbocycles. The fourth-order valence-corrected chi connectivity index (χ4v) is 3.88. The molecule has 2 saturated heterocycles. The molecule has 12 heteroatoms. The number of nitrogens with zero attached hydrogens (tertiary/aromatic N) is 5. The van der Waals surface area contributed by atoms with Crippen molar-refractivity contribution in [3.63, 3.8) is 0 Å². The van der Waals surface area contributed by atoms with E-state index in [1.54, 1.807) is 4.90 Å². The Morgan fingerprint density at radius 1 is 1.16 bits per heavy atom. The summed E-state index contributed by atoms with van der Waals surface area (Å²) in [5.41, 5.74) is -0.524. The van der Waals surface area contributed by atoms with Gasteiger partial charge in [-0.3, -0.25) is 4.79 Å². The first-order valence-electron chi connectivity index (χ1n) is 10.5. The number of amides is 1. The normalized spacial score (nSPS) is 19.1. The number of H-pyrrole nitrogens is 1. The van der Waals surface area contributed by atoms with Gasteiger partial charge in [0, 0.05) is 43.6 Å². The fraction of sp³-hybridized carbons (Fsp3) is 0.450. The van der Waals surface area contributed by atoms with Crippen LogP contribution in [0.1, 0.15) is 35.3 Å². The van der Waals surface area contributed by atoms with E-state index < -0.39 is 11.7 Å². The zero-order valence-electron chi connectivity index (χ0n) is 17.0. The predicted octanol–water partition coefficient (Wildman–Crippen LogP) is 2.44. The molecule has 1 amide bonds. The van der Waals surface area contributed by atoms with Crippen molar-refractivity contribution in [3.05, 3.63) is 29.8 Å². The number of carbonyl (C=O) groups is 1. The van der Waals surface area contributed by atoms with Crippen molar-refractivity contribution in [1.82, 2.24) is 35.1 Å². The second-order valence-corrected chi connectivity index (χ2v) is 7.94. The number of nitrogens with one attached hydrogen (secondary N) is 3. The zero-order chi connectivity index (χ0) is 22.3. The highest BCUT2D eigenvalue weighted by molar-refractivity contribution is 5.96. The van der Waals surface area contributed by atoms with Gasteiger partial charge in [0.1, 0.15) is 16.8 Å². The van der Waals surface area contributed by atoms with E-state index in [0.29, 0.717) is 19.6 Å². The summed E-state index contributed by atoms with van der Waals surface area (Å²) < 4.78 is 41.2. The first-order chi connectivity index (χ1) is 15.4. The molecule has 0 aliphatic carbocycles. The first kappa shape index (κ1) is 20.6. The van der Waals surface area contributed by atoms with Gasteiger partial charge in [-0.1, -0.05) is 0 Å². The van der Waals surface area contributed by atoms with Crippen LogP contribution in [0.2, 0.25) is 0 Å². The molecule has 5 heterocycles. The Balaban J connectivity index is 1.52. The highest BCUT2D eigenvalue weighted by Crippen LogP contribution is 2.38. The van der Waals surface area contributed by atoms with E-state index in [0.717, 1.165) is 32.0 Å². The van der Waals surface area contributed by atoms with E-state index in [-0.39, 0.29) is 46.0 Å². The van der Waals surface area contributed by atoms with Gasteiger partial charge in [-0.15, -0.1) is 0 Å². The third kappa shape index (κ3) is 3.85. The maximum Gasteiger partial charge on any atom is 0.419 e. The maximum absolute atomic E-state index is 13.7. The Bertz CT molecular complexity index is 1150. The molecule has 3 aromatic rings. The molecule has 3 N–H and O–H groups in total. The van der Waals surface area contributed by atoms with Crippen LogP contribution in [0.5, 0.6) is 0 Å². The van der Waals surface area contributed by atoms with Gasteiger partial charge in [0.25, 0.3) is 5.91 Å². The molecule has 9 nitrogen and oxygen atoms in total. The van der Waals surface area contributed by atoms with Crippen molar-refractivity contribution in [2.75, 3.05) is 31.5 Å². The molecule has 32 heavy (non-hydrogen) atoms. The molecule has 0 unspecified atom stereocenters. The average molecular weight is 446 g/mol. The van der Waals surface area contributed by atoms with Gasteiger partial charge in [-0.05, 0) is 25.8 Å². The molecule has 2 aliphatic rings. The quantitative estimate of drug-likeness (QED) is 0.564. The molecule has 2 aliphatic heterocycles. The van der Waals surface area contributed by atoms with Crippen LogP contribution in [-0.4, -0.2) is 67.9 Å². The van der Waals surface area contributed by atoms with E-state index in [1.807, 2.05) is 0 Å². The van der Waals surface area contributed by atoms with Crippen LogP contribution in [-0.2, 0) is 6.18 Å². The van der Waals surface area contributed by atoms with E-state index in [4.69, 9.17) is 0 Å². The van der Waals surface area contributed by atoms with Crippen molar-refractivity contribution < 1.29 is 18.0 Å². The van der Waals surface area contributed by atoms with E-state index in [2.05, 4.69) is 35.6 Å². The molecule has 168 valence electrons. The third-order valence-corrected chi connectivity index (χ3v) is 5.72. The van der Waals surface area contributed by atoms with Crippen molar-refractivity contribution in [3.8, 4) is 11.3 Å². The van der Waals surface area contributed by atoms with Gasteiger partial charge >= 0.3 is 6.18 Å². The molecular weight excluding hydrogens is 425 g/mol. The number of hydrogen-bond acceptors (Lipinski definition) is 7. The van der Waals surface area contributed by atoms with Crippen molar-refractivity contribution in [2.24, 2.45) is 0 Å². The molecule has 5 rings (SSSR count). The summed E-state index contributed by atoms with van der Waals surface area (Å²) in [4.78, 5) is 33.5. The van der Waals surface area contributed by atoms with E-state index >= 15 is 0 Å². The fourth-order valence-electron chi connectivity index (χ4n) is 3.88. The summed E-state index contributed by atoms with van der Waals surface area (Å²) in [6.07, 6.45) is 1.59. The van der Waals surface area contributed by atoms with Crippen LogP contribution in [0, 0.1) is 0 Å². The van der Waals surface area contributed by atoms with Gasteiger partial charge in [0.15, 0.2) is 5.65 Å². The summed E-state index contributed by atoms with van der Waals surface area (Å²) in [5, 5.41) is 6.35. The SMILES string of the molecule is O=C(c1cnc2c(-c3nc(N[C@H]4CCCNC4)ncc3C(F)(F)F)c[nH]c2n1)N1CCC1. The standard InChI is InChI=1S/C20H21F3N8O/c21-20(22,23)13-9-27-19(28-11-3-1-4-24-7-11)30-15(13)12-8-26-17-16(12)25-10-14(29-17)18(32)31-5-2-6-31/h8-11,24H,1-7H2,(H,26,29)(H,27,28,30)/t11-/m0/s1. The van der Waals surface area contributed by atoms with E-state index in [1.165, 1.54) is 12.4 Å². The highest BCUT2D eigenvalue weighted by Gasteiger charge is 2.36. The molecule has 1 atom stereocenters. The number of likely N-dealkylation sites (tertiary alicyclic amines) is 1. The van der Waals surface area contributed by atoms with Crippen molar-refractivity contribution in [2.45, 2.75) is 31.5 Å². The van der Waals surface area contributed by atoms with Crippen LogP contribution in [0.25, 0.3) is 22.4 Å². The van der Waals surface area contributed by atoms with Crippen molar-refractivity contribution >= 4 is 23.0 Å². The molecule has 2 fully saturated rings. The van der Waals surface area contributed by atoms with Crippen molar-refractivity contribution in [1.29, 1.82) is 0 Å². The summed E-state index contributed by atoms with van der Waals surface area (Å²) >= 11 is 0. The number of anilines is 1. The maximum atomic E-state index is 13.7. The van der Waals surface area contributed by atoms with Gasteiger partial charge in [0.2, 0.25) is 5.95 Å². The minimum atomic E-state index is -4.65. The van der Waals surface area contributed by atoms with Gasteiger partial charge < -0.3 is 20.5 Å². The third-order valence-electron chi connectivity index (χ3n) is 5.72. The number of hydrogen-bond donors (Lipinski definition) is 3. The van der Waals surface area contributed by atoms with Crippen LogP contribution in [0.3, 0.4) is 0 Å². The van der Waals surface area contributed by atoms with Crippen LogP contribution >= 0.6 is 0 Å². The Labute approximate surface area is 180 Å². The number of piperidine rings is 1. The Hall–Kier alpha value is -3.28. The minimum absolute atomic E-state index is 0.0335. The monoisotopic (exact) mass is 446 g/mol. The largest absolute Gasteiger partial charge is 0.419 e. The molecule has 0 saturated carbocycles. The van der Waals surface area contributed by atoms with Crippen LogP contribution in [0.4, 0.5) is 19.1 Å². The molecule has 0 bridgehead atoms. The van der Waals surface area contributed by atoms with Crippen LogP contribution in [0.15, 0.2) is 18.6 Å². The van der Waals surface area contributed by atoms with Gasteiger partial charge in [-0.25, -0.2) is 19.9 Å². The topological polar surface area (TPSA) is 112 Å². The Morgan fingerprint density at radius 2 is 2.00 bits per heavy atom. The second-order valence-electron chi connectivity index (χ2n) is 7.94. The molecule has 0 radical (unpaired) electrons. The number of alkyl halides is 3. The minimum Gasteiger partial charge on any atom is -0.350 e. The Kier molecular flexibility index (Phi) is 5.16. The van der Waals surface area contributed by atoms with E-state index in [9.17, 15) is 18.0 Å². The average Bonchev–Trinajstić information content (AvgIpc) is 3.15. The number of fused-ring (bicyclic) bond motifs is 1. The lowest BCUT2D eigenvalue weighted by atomic mass is 10.1. The predicted molar refractivity (Wildman–Crippen MR) is 110 cm³/mol. The number of aromatic nitrogens is 5. The summed E-state index contributed by atoms with van der Waals surface area (Å²) in [6, 6.07) is 0.0335. The summed E-state index contributed by atoms with van der Waals surface area (Å²) in [6.45, 7) is 2.92. The summed E-state index contributed by atoms with van der Waals surface area (Å²) in [7, 11) is 0. The lowest BCUT2D eigenvalue weighted by molar-refractivity contribution is -0.137. The highest BCUT2D eigenvalue weighted by atomic mass is 19.4. The van der Waals surface area contributed by atoms with Crippen LogP contribution < -0.4 is 10.6 Å². The van der Waals surface area contributed by atoms with Gasteiger partial charge in [0.05, 0.1) is 11.9 Å². The molecule has 3 aromatic heterocycles. The van der Waals surface area contributed by atoms with Gasteiger partial charge in [-0.2, -0.15) is 13.2 Å². The lowest BCUT2D eigenvalue weighted by Crippen LogP contribution is -2.42. The number of halogens is 3. The number of carbonyl (C=O) groups excluding carboxylic acids is 1. The number of rotatable bonds is 4. The molecule has 0 spiro atoms. The molecular formula is C20H21F3N8O. The Morgan fingerprint density at radius 3 is 2.69 bits per heavy atom. The zero-order valence-corrected chi connectivity index (χ0v) is 17.0. The lowest BCUT2D eigenvalue weighted by Gasteiger charge is -2.30.